The lowest BCUT2D eigenvalue weighted by Gasteiger charge is -2.19. The summed E-state index contributed by atoms with van der Waals surface area (Å²) in [5.41, 5.74) is 5.12. The quantitative estimate of drug-likeness (QED) is 0.484. The molecule has 154 valence electrons. The van der Waals surface area contributed by atoms with Crippen molar-refractivity contribution in [3.63, 3.8) is 0 Å². The van der Waals surface area contributed by atoms with E-state index in [0.717, 1.165) is 5.56 Å². The van der Waals surface area contributed by atoms with E-state index in [9.17, 15) is 9.59 Å². The summed E-state index contributed by atoms with van der Waals surface area (Å²) in [5.74, 6) is 0.0114. The van der Waals surface area contributed by atoms with Crippen LogP contribution in [0.3, 0.4) is 0 Å². The molecule has 2 N–H and O–H groups in total. The first-order chi connectivity index (χ1) is 13.8. The molecular weight excluding hydrogens is 386 g/mol. The Morgan fingerprint density at radius 1 is 1.00 bits per heavy atom. The van der Waals surface area contributed by atoms with Crippen molar-refractivity contribution in [3.05, 3.63) is 70.2 Å². The molecule has 0 saturated heterocycles. The lowest BCUT2D eigenvalue weighted by Crippen LogP contribution is -2.46. The number of carbonyl (C=O) groups excluding carboxylic acids is 2. The van der Waals surface area contributed by atoms with Gasteiger partial charge in [-0.25, -0.2) is 5.43 Å². The normalized spacial score (nSPS) is 12.4. The monoisotopic (exact) mass is 413 g/mol. The van der Waals surface area contributed by atoms with Crippen molar-refractivity contribution in [1.82, 2.24) is 10.7 Å². The summed E-state index contributed by atoms with van der Waals surface area (Å²) in [7, 11) is 0. The van der Waals surface area contributed by atoms with Crippen LogP contribution in [0.2, 0.25) is 5.02 Å². The number of benzene rings is 2. The van der Waals surface area contributed by atoms with Crippen LogP contribution in [0.25, 0.3) is 0 Å². The average Bonchev–Trinajstić information content (AvgIpc) is 2.68. The Kier molecular flexibility index (Phi) is 8.40. The van der Waals surface area contributed by atoms with Crippen molar-refractivity contribution >= 4 is 29.6 Å². The molecule has 0 aliphatic heterocycles. The molecule has 2 rings (SSSR count). The van der Waals surface area contributed by atoms with Crippen molar-refractivity contribution in [1.29, 1.82) is 0 Å². The maximum absolute atomic E-state index is 12.6. The molecule has 0 fully saturated rings. The molecule has 2 amide bonds. The van der Waals surface area contributed by atoms with E-state index in [4.69, 9.17) is 11.6 Å². The molecule has 29 heavy (non-hydrogen) atoms. The third kappa shape index (κ3) is 7.35. The summed E-state index contributed by atoms with van der Waals surface area (Å²) < 4.78 is 0. The fourth-order valence-electron chi connectivity index (χ4n) is 2.76. The van der Waals surface area contributed by atoms with Crippen LogP contribution in [0, 0.1) is 5.92 Å². The molecule has 0 aromatic heterocycles. The maximum Gasteiger partial charge on any atom is 0.262 e. The van der Waals surface area contributed by atoms with Crippen molar-refractivity contribution in [2.24, 2.45) is 11.0 Å². The first-order valence-corrected chi connectivity index (χ1v) is 10.1. The number of carbonyl (C=O) groups is 2. The Bertz CT molecular complexity index is 843. The third-order valence-corrected chi connectivity index (χ3v) is 4.68. The van der Waals surface area contributed by atoms with E-state index in [1.807, 2.05) is 38.1 Å². The number of nitrogens with zero attached hydrogens (tertiary/aromatic N) is 1. The Morgan fingerprint density at radius 2 is 1.62 bits per heavy atom. The van der Waals surface area contributed by atoms with Gasteiger partial charge in [-0.15, -0.1) is 0 Å². The maximum atomic E-state index is 12.6. The van der Waals surface area contributed by atoms with E-state index in [-0.39, 0.29) is 17.7 Å². The molecule has 2 aromatic rings. The Morgan fingerprint density at radius 3 is 2.17 bits per heavy atom. The summed E-state index contributed by atoms with van der Waals surface area (Å²) in [6.45, 7) is 8.26. The lowest BCUT2D eigenvalue weighted by molar-refractivity contribution is -0.123. The van der Waals surface area contributed by atoms with Gasteiger partial charge >= 0.3 is 0 Å². The predicted octanol–water partition coefficient (Wildman–Crippen LogP) is 4.76. The highest BCUT2D eigenvalue weighted by Gasteiger charge is 2.22. The number of halogens is 1. The van der Waals surface area contributed by atoms with E-state index >= 15 is 0 Å². The second-order valence-corrected chi connectivity index (χ2v) is 8.15. The van der Waals surface area contributed by atoms with Gasteiger partial charge in [-0.3, -0.25) is 9.59 Å². The van der Waals surface area contributed by atoms with E-state index in [1.165, 1.54) is 5.56 Å². The number of hydrogen-bond donors (Lipinski definition) is 2. The number of rotatable bonds is 8. The standard InChI is InChI=1S/C23H28ClN3O2/c1-15(2)13-21(26-22(28)19-9-11-20(24)12-10-19)23(29)27-25-14-17-5-7-18(8-6-17)16(3)4/h5-12,14-16,21H,13H2,1-4H3,(H,26,28)(H,27,29)/b25-14+. The highest BCUT2D eigenvalue weighted by atomic mass is 35.5. The molecule has 0 heterocycles. The van der Waals surface area contributed by atoms with Crippen LogP contribution < -0.4 is 10.7 Å². The third-order valence-electron chi connectivity index (χ3n) is 4.43. The van der Waals surface area contributed by atoms with Gasteiger partial charge in [0, 0.05) is 10.6 Å². The molecule has 0 aliphatic rings. The zero-order valence-electron chi connectivity index (χ0n) is 17.3. The molecule has 5 nitrogen and oxygen atoms in total. The molecule has 0 saturated carbocycles. The van der Waals surface area contributed by atoms with Crippen LogP contribution in [0.15, 0.2) is 53.6 Å². The summed E-state index contributed by atoms with van der Waals surface area (Å²) in [5, 5.41) is 7.38. The second kappa shape index (κ2) is 10.8. The minimum Gasteiger partial charge on any atom is -0.340 e. The van der Waals surface area contributed by atoms with Crippen LogP contribution in [-0.4, -0.2) is 24.1 Å². The van der Waals surface area contributed by atoms with Crippen molar-refractivity contribution < 1.29 is 9.59 Å². The van der Waals surface area contributed by atoms with Gasteiger partial charge in [0.1, 0.15) is 6.04 Å². The highest BCUT2D eigenvalue weighted by Crippen LogP contribution is 2.14. The lowest BCUT2D eigenvalue weighted by atomic mass is 10.0. The van der Waals surface area contributed by atoms with Gasteiger partial charge in [0.2, 0.25) is 0 Å². The highest BCUT2D eigenvalue weighted by molar-refractivity contribution is 6.30. The fourth-order valence-corrected chi connectivity index (χ4v) is 2.89. The van der Waals surface area contributed by atoms with Gasteiger partial charge in [0.05, 0.1) is 6.21 Å². The van der Waals surface area contributed by atoms with E-state index < -0.39 is 6.04 Å². The van der Waals surface area contributed by atoms with E-state index in [0.29, 0.717) is 22.9 Å². The summed E-state index contributed by atoms with van der Waals surface area (Å²) in [4.78, 5) is 25.0. The van der Waals surface area contributed by atoms with E-state index in [2.05, 4.69) is 29.7 Å². The van der Waals surface area contributed by atoms with Crippen LogP contribution >= 0.6 is 11.6 Å². The Labute approximate surface area is 177 Å². The van der Waals surface area contributed by atoms with Gasteiger partial charge in [-0.2, -0.15) is 5.10 Å². The fraction of sp³-hybridized carbons (Fsp3) is 0.348. The Hall–Kier alpha value is -2.66. The van der Waals surface area contributed by atoms with Gasteiger partial charge in [-0.1, -0.05) is 63.6 Å². The van der Waals surface area contributed by atoms with Crippen LogP contribution in [0.4, 0.5) is 0 Å². The largest absolute Gasteiger partial charge is 0.340 e. The van der Waals surface area contributed by atoms with Crippen LogP contribution in [-0.2, 0) is 4.79 Å². The second-order valence-electron chi connectivity index (χ2n) is 7.72. The van der Waals surface area contributed by atoms with Gasteiger partial charge in [0.15, 0.2) is 0 Å². The van der Waals surface area contributed by atoms with Crippen molar-refractivity contribution in [2.75, 3.05) is 0 Å². The number of amides is 2. The zero-order chi connectivity index (χ0) is 21.4. The van der Waals surface area contributed by atoms with Gasteiger partial charge < -0.3 is 5.32 Å². The number of hydrogen-bond acceptors (Lipinski definition) is 3. The molecule has 2 aromatic carbocycles. The van der Waals surface area contributed by atoms with Gasteiger partial charge in [0.25, 0.3) is 11.8 Å². The summed E-state index contributed by atoms with van der Waals surface area (Å²) in [6, 6.07) is 13.9. The smallest absolute Gasteiger partial charge is 0.262 e. The SMILES string of the molecule is CC(C)CC(NC(=O)c1ccc(Cl)cc1)C(=O)N/N=C/c1ccc(C(C)C)cc1. The minimum atomic E-state index is -0.682. The Balaban J connectivity index is 2.00. The number of nitrogens with one attached hydrogen (secondary N) is 2. The molecule has 0 bridgehead atoms. The molecule has 0 aliphatic carbocycles. The van der Waals surface area contributed by atoms with Crippen molar-refractivity contribution in [2.45, 2.75) is 46.1 Å². The van der Waals surface area contributed by atoms with Gasteiger partial charge in [-0.05, 0) is 53.6 Å². The molecule has 6 heteroatoms. The van der Waals surface area contributed by atoms with E-state index in [1.54, 1.807) is 30.5 Å². The molecule has 0 radical (unpaired) electrons. The minimum absolute atomic E-state index is 0.226. The molecule has 0 spiro atoms. The first-order valence-electron chi connectivity index (χ1n) is 9.75. The predicted molar refractivity (Wildman–Crippen MR) is 118 cm³/mol. The zero-order valence-corrected chi connectivity index (χ0v) is 18.0. The average molecular weight is 414 g/mol. The topological polar surface area (TPSA) is 70.6 Å². The molecule has 1 atom stereocenters. The molecular formula is C23H28ClN3O2. The van der Waals surface area contributed by atoms with Crippen LogP contribution in [0.1, 0.15) is 61.5 Å². The summed E-state index contributed by atoms with van der Waals surface area (Å²) >= 11 is 5.86. The first kappa shape index (κ1) is 22.6. The number of hydrazone groups is 1. The summed E-state index contributed by atoms with van der Waals surface area (Å²) in [6.07, 6.45) is 2.10. The van der Waals surface area contributed by atoms with Crippen molar-refractivity contribution in [3.8, 4) is 0 Å². The van der Waals surface area contributed by atoms with Crippen LogP contribution in [0.5, 0.6) is 0 Å². The molecule has 1 unspecified atom stereocenters.